The van der Waals surface area contributed by atoms with E-state index in [9.17, 15) is 14.0 Å². The molecule has 2 aromatic carbocycles. The Hall–Kier alpha value is -3.54. The van der Waals surface area contributed by atoms with Gasteiger partial charge in [0.15, 0.2) is 0 Å². The normalized spacial score (nSPS) is 20.0. The number of anilines is 1. The fraction of sp³-hybridized carbons (Fsp3) is 0.174. The van der Waals surface area contributed by atoms with Crippen molar-refractivity contribution in [2.24, 2.45) is 0 Å². The molecule has 2 amide bonds. The van der Waals surface area contributed by atoms with Crippen LogP contribution < -0.4 is 10.6 Å². The minimum Gasteiger partial charge on any atom is -0.348 e. The molecule has 0 saturated heterocycles. The molecule has 5 nitrogen and oxygen atoms in total. The Morgan fingerprint density at radius 3 is 2.38 bits per heavy atom. The van der Waals surface area contributed by atoms with Crippen molar-refractivity contribution in [2.75, 3.05) is 5.32 Å². The van der Waals surface area contributed by atoms with E-state index in [0.717, 1.165) is 12.0 Å². The lowest BCUT2D eigenvalue weighted by atomic mass is 9.97. The van der Waals surface area contributed by atoms with Crippen molar-refractivity contribution in [1.82, 2.24) is 10.3 Å². The zero-order chi connectivity index (χ0) is 20.4. The van der Waals surface area contributed by atoms with Crippen LogP contribution in [-0.4, -0.2) is 22.8 Å². The molecule has 1 heterocycles. The van der Waals surface area contributed by atoms with Crippen molar-refractivity contribution in [3.05, 3.63) is 95.6 Å². The average Bonchev–Trinajstić information content (AvgIpc) is 3.39. The Morgan fingerprint density at radius 1 is 1.00 bits per heavy atom. The van der Waals surface area contributed by atoms with Crippen LogP contribution in [0.25, 0.3) is 0 Å². The van der Waals surface area contributed by atoms with E-state index in [-0.39, 0.29) is 29.1 Å². The molecule has 6 heteroatoms. The summed E-state index contributed by atoms with van der Waals surface area (Å²) in [6.45, 7) is 2.02. The monoisotopic (exact) mass is 389 g/mol. The van der Waals surface area contributed by atoms with Gasteiger partial charge in [-0.2, -0.15) is 0 Å². The number of hydrogen-bond donors (Lipinski definition) is 2. The number of rotatable bonds is 5. The van der Waals surface area contributed by atoms with Crippen molar-refractivity contribution >= 4 is 17.5 Å². The average molecular weight is 389 g/mol. The van der Waals surface area contributed by atoms with Crippen LogP contribution in [0.2, 0.25) is 0 Å². The minimum atomic E-state index is -0.273. The Balaban J connectivity index is 1.37. The second-order valence-electron chi connectivity index (χ2n) is 7.43. The number of nitrogens with one attached hydrogen (secondary N) is 2. The summed E-state index contributed by atoms with van der Waals surface area (Å²) in [5.74, 6) is -0.708. The lowest BCUT2D eigenvalue weighted by Gasteiger charge is -2.13. The summed E-state index contributed by atoms with van der Waals surface area (Å²) >= 11 is 0. The van der Waals surface area contributed by atoms with E-state index in [4.69, 9.17) is 0 Å². The highest BCUT2D eigenvalue weighted by molar-refractivity contribution is 6.04. The van der Waals surface area contributed by atoms with Gasteiger partial charge in [-0.05, 0) is 60.5 Å². The molecule has 3 aromatic rings. The second-order valence-corrected chi connectivity index (χ2v) is 7.43. The van der Waals surface area contributed by atoms with E-state index in [0.29, 0.717) is 16.8 Å². The van der Waals surface area contributed by atoms with Gasteiger partial charge < -0.3 is 10.6 Å². The van der Waals surface area contributed by atoms with Gasteiger partial charge in [0.2, 0.25) is 0 Å². The molecule has 2 N–H and O–H groups in total. The quantitative estimate of drug-likeness (QED) is 0.695. The number of carbonyl (C=O) groups is 2. The number of nitrogens with zero attached hydrogens (tertiary/aromatic N) is 1. The Morgan fingerprint density at radius 2 is 1.69 bits per heavy atom. The zero-order valence-corrected chi connectivity index (χ0v) is 15.9. The number of aromatic nitrogens is 1. The summed E-state index contributed by atoms with van der Waals surface area (Å²) in [5, 5.41) is 5.79. The first-order chi connectivity index (χ1) is 14.0. The lowest BCUT2D eigenvalue weighted by molar-refractivity contribution is 0.0947. The van der Waals surface area contributed by atoms with Crippen LogP contribution in [0.3, 0.4) is 0 Å². The predicted molar refractivity (Wildman–Crippen MR) is 108 cm³/mol. The van der Waals surface area contributed by atoms with E-state index in [2.05, 4.69) is 15.6 Å². The summed E-state index contributed by atoms with van der Waals surface area (Å²) in [6, 6.07) is 16.4. The second kappa shape index (κ2) is 7.47. The molecule has 1 saturated carbocycles. The van der Waals surface area contributed by atoms with Gasteiger partial charge in [-0.1, -0.05) is 19.1 Å². The predicted octanol–water partition coefficient (Wildman–Crippen LogP) is 3.93. The van der Waals surface area contributed by atoms with Crippen LogP contribution in [0.1, 0.15) is 39.6 Å². The van der Waals surface area contributed by atoms with Crippen LogP contribution in [0.5, 0.6) is 0 Å². The number of pyridine rings is 1. The van der Waals surface area contributed by atoms with Gasteiger partial charge in [-0.25, -0.2) is 4.39 Å². The molecule has 1 fully saturated rings. The highest BCUT2D eigenvalue weighted by Gasteiger charge is 2.52. The number of hydrogen-bond acceptors (Lipinski definition) is 3. The molecule has 1 aliphatic rings. The third kappa shape index (κ3) is 4.01. The number of carbonyl (C=O) groups excluding carboxylic acids is 2. The van der Waals surface area contributed by atoms with Crippen molar-refractivity contribution in [3.8, 4) is 0 Å². The third-order valence-electron chi connectivity index (χ3n) is 5.37. The van der Waals surface area contributed by atoms with Crippen LogP contribution in [0.15, 0.2) is 73.1 Å². The first kappa shape index (κ1) is 18.8. The van der Waals surface area contributed by atoms with E-state index >= 15 is 0 Å². The van der Waals surface area contributed by atoms with Crippen molar-refractivity contribution < 1.29 is 14.0 Å². The minimum absolute atomic E-state index is 0.0390. The molecule has 0 bridgehead atoms. The summed E-state index contributed by atoms with van der Waals surface area (Å²) in [4.78, 5) is 28.6. The fourth-order valence-electron chi connectivity index (χ4n) is 3.39. The smallest absolute Gasteiger partial charge is 0.255 e. The molecular formula is C23H20FN3O2. The van der Waals surface area contributed by atoms with E-state index < -0.39 is 0 Å². The van der Waals surface area contributed by atoms with Crippen molar-refractivity contribution in [2.45, 2.75) is 24.8 Å². The molecule has 4 rings (SSSR count). The van der Waals surface area contributed by atoms with Crippen molar-refractivity contribution in [1.29, 1.82) is 0 Å². The van der Waals surface area contributed by atoms with Gasteiger partial charge in [0.1, 0.15) is 5.82 Å². The Labute approximate surface area is 168 Å². The highest BCUT2D eigenvalue weighted by atomic mass is 19.1. The molecule has 1 aliphatic carbocycles. The molecule has 146 valence electrons. The summed E-state index contributed by atoms with van der Waals surface area (Å²) in [6.07, 6.45) is 3.87. The maximum Gasteiger partial charge on any atom is 0.255 e. The lowest BCUT2D eigenvalue weighted by Crippen LogP contribution is -2.30. The maximum absolute atomic E-state index is 13.5. The number of amides is 2. The summed E-state index contributed by atoms with van der Waals surface area (Å²) in [5.41, 5.74) is 2.24. The van der Waals surface area contributed by atoms with Crippen LogP contribution in [0, 0.1) is 5.82 Å². The SMILES string of the molecule is CC1(c2cccc(F)c2)CC1NC(=O)c1ccc(NC(=O)c2ccncc2)cc1. The van der Waals surface area contributed by atoms with Gasteiger partial charge in [0, 0.05) is 40.7 Å². The topological polar surface area (TPSA) is 71.1 Å². The van der Waals surface area contributed by atoms with Gasteiger partial charge in [-0.3, -0.25) is 14.6 Å². The molecular weight excluding hydrogens is 369 g/mol. The first-order valence-corrected chi connectivity index (χ1v) is 9.34. The standard InChI is InChI=1S/C23H20FN3O2/c1-23(17-3-2-4-18(24)13-17)14-20(23)27-22(29)15-5-7-19(8-6-15)26-21(28)16-9-11-25-12-10-16/h2-13,20H,14H2,1H3,(H,26,28)(H,27,29). The molecule has 2 atom stereocenters. The molecule has 1 aromatic heterocycles. The van der Waals surface area contributed by atoms with E-state index in [1.54, 1.807) is 54.9 Å². The van der Waals surface area contributed by atoms with E-state index in [1.807, 2.05) is 13.0 Å². The number of benzene rings is 2. The molecule has 0 aliphatic heterocycles. The highest BCUT2D eigenvalue weighted by Crippen LogP contribution is 2.48. The first-order valence-electron chi connectivity index (χ1n) is 9.34. The van der Waals surface area contributed by atoms with Gasteiger partial charge >= 0.3 is 0 Å². The number of halogens is 1. The van der Waals surface area contributed by atoms with Crippen LogP contribution >= 0.6 is 0 Å². The Bertz CT molecular complexity index is 1050. The van der Waals surface area contributed by atoms with Crippen molar-refractivity contribution in [3.63, 3.8) is 0 Å². The van der Waals surface area contributed by atoms with Gasteiger partial charge in [0.05, 0.1) is 0 Å². The molecule has 0 radical (unpaired) electrons. The maximum atomic E-state index is 13.5. The van der Waals surface area contributed by atoms with Gasteiger partial charge in [-0.15, -0.1) is 0 Å². The molecule has 29 heavy (non-hydrogen) atoms. The van der Waals surface area contributed by atoms with Crippen LogP contribution in [-0.2, 0) is 5.41 Å². The van der Waals surface area contributed by atoms with Gasteiger partial charge in [0.25, 0.3) is 11.8 Å². The third-order valence-corrected chi connectivity index (χ3v) is 5.37. The largest absolute Gasteiger partial charge is 0.348 e. The fourth-order valence-corrected chi connectivity index (χ4v) is 3.39. The Kier molecular flexibility index (Phi) is 4.84. The molecule has 2 unspecified atom stereocenters. The van der Waals surface area contributed by atoms with Crippen LogP contribution in [0.4, 0.5) is 10.1 Å². The summed E-state index contributed by atoms with van der Waals surface area (Å²) < 4.78 is 13.5. The van der Waals surface area contributed by atoms with E-state index in [1.165, 1.54) is 12.1 Å². The molecule has 0 spiro atoms. The zero-order valence-electron chi connectivity index (χ0n) is 15.9. The summed E-state index contributed by atoms with van der Waals surface area (Å²) in [7, 11) is 0.